The summed E-state index contributed by atoms with van der Waals surface area (Å²) in [5, 5.41) is 18.6. The number of nitrogens with one attached hydrogen (secondary N) is 1. The van der Waals surface area contributed by atoms with Crippen LogP contribution in [0.4, 0.5) is 4.79 Å². The first kappa shape index (κ1) is 21.9. The van der Waals surface area contributed by atoms with Crippen molar-refractivity contribution in [1.29, 1.82) is 0 Å². The van der Waals surface area contributed by atoms with Crippen molar-refractivity contribution in [2.45, 2.75) is 38.3 Å². The Kier molecular flexibility index (Phi) is 10.3. The number of aliphatic hydroxyl groups excluding tert-OH is 1. The van der Waals surface area contributed by atoms with E-state index in [2.05, 4.69) is 41.5 Å². The van der Waals surface area contributed by atoms with Crippen LogP contribution in [0, 0.1) is 0 Å². The Balaban J connectivity index is 0.00000105. The van der Waals surface area contributed by atoms with E-state index in [0.29, 0.717) is 12.6 Å². The van der Waals surface area contributed by atoms with Crippen molar-refractivity contribution in [3.8, 4) is 0 Å². The van der Waals surface area contributed by atoms with Gasteiger partial charge < -0.3 is 20.4 Å². The van der Waals surface area contributed by atoms with Gasteiger partial charge in [-0.2, -0.15) is 0 Å². The predicted octanol–water partition coefficient (Wildman–Crippen LogP) is 1.55. The van der Waals surface area contributed by atoms with Crippen molar-refractivity contribution in [3.05, 3.63) is 35.4 Å². The second kappa shape index (κ2) is 12.3. The van der Waals surface area contributed by atoms with E-state index in [1.54, 1.807) is 4.90 Å². The summed E-state index contributed by atoms with van der Waals surface area (Å²) in [5.41, 5.74) is 2.79. The molecule has 2 rings (SSSR count). The smallest absolute Gasteiger partial charge is 0.317 e. The summed E-state index contributed by atoms with van der Waals surface area (Å²) in [6.45, 7) is 2.32. The Morgan fingerprint density at radius 2 is 1.96 bits per heavy atom. The van der Waals surface area contributed by atoms with Crippen LogP contribution in [-0.4, -0.2) is 72.3 Å². The molecule has 1 atom stereocenters. The molecule has 1 unspecified atom stereocenters. The van der Waals surface area contributed by atoms with Crippen LogP contribution in [0.3, 0.4) is 0 Å². The largest absolute Gasteiger partial charge is 0.483 e. The van der Waals surface area contributed by atoms with E-state index in [1.807, 2.05) is 7.05 Å². The lowest BCUT2D eigenvalue weighted by atomic mass is 9.94. The van der Waals surface area contributed by atoms with Gasteiger partial charge in [0.15, 0.2) is 0 Å². The number of carboxylic acid groups (broad SMARTS) is 1. The van der Waals surface area contributed by atoms with Crippen molar-refractivity contribution in [2.75, 3.05) is 33.8 Å². The fourth-order valence-corrected chi connectivity index (χ4v) is 3.07. The first-order chi connectivity index (χ1) is 12.5. The third-order valence-corrected chi connectivity index (χ3v) is 4.56. The summed E-state index contributed by atoms with van der Waals surface area (Å²) in [5.74, 6) is 0. The van der Waals surface area contributed by atoms with Gasteiger partial charge in [0.1, 0.15) is 0 Å². The van der Waals surface area contributed by atoms with Gasteiger partial charge in [0.05, 0.1) is 0 Å². The Bertz CT molecular complexity index is 553. The highest BCUT2D eigenvalue weighted by atomic mass is 16.3. The zero-order valence-corrected chi connectivity index (χ0v) is 15.7. The Labute approximate surface area is 155 Å². The summed E-state index contributed by atoms with van der Waals surface area (Å²) in [4.78, 5) is 24.6. The van der Waals surface area contributed by atoms with Gasteiger partial charge in [-0.15, -0.1) is 0 Å². The first-order valence-electron chi connectivity index (χ1n) is 8.98. The third-order valence-electron chi connectivity index (χ3n) is 4.56. The molecular weight excluding hydrogens is 334 g/mol. The van der Waals surface area contributed by atoms with Crippen LogP contribution in [0.25, 0.3) is 0 Å². The number of carbonyl (C=O) groups excluding carboxylic acids is 1. The number of rotatable bonds is 7. The van der Waals surface area contributed by atoms with E-state index in [0.717, 1.165) is 38.8 Å². The molecule has 0 aromatic heterocycles. The Hall–Kier alpha value is -2.12. The molecule has 146 valence electrons. The molecule has 1 aliphatic rings. The van der Waals surface area contributed by atoms with Crippen LogP contribution < -0.4 is 5.32 Å². The Morgan fingerprint density at radius 3 is 2.62 bits per heavy atom. The van der Waals surface area contributed by atoms with Crippen LogP contribution in [-0.2, 0) is 17.8 Å². The number of urea groups is 1. The molecule has 0 radical (unpaired) electrons. The summed E-state index contributed by atoms with van der Waals surface area (Å²) >= 11 is 0. The molecule has 7 heteroatoms. The van der Waals surface area contributed by atoms with Crippen LogP contribution >= 0.6 is 0 Å². The standard InChI is InChI=1S/C18H29N3O2.CH2O2/c1-20-13-16-9-5-4-8-15(16)12-17(20)14-21(2)18(23)19-10-6-3-7-11-22;2-1-3/h4-5,8-9,17,22H,3,6-7,10-14H2,1-2H3,(H,19,23);1H,(H,2,3). The van der Waals surface area contributed by atoms with Gasteiger partial charge in [-0.3, -0.25) is 9.69 Å². The number of likely N-dealkylation sites (N-methyl/N-ethyl adjacent to an activating group) is 2. The van der Waals surface area contributed by atoms with E-state index < -0.39 is 0 Å². The number of fused-ring (bicyclic) bond motifs is 1. The van der Waals surface area contributed by atoms with Crippen molar-refractivity contribution >= 4 is 12.5 Å². The van der Waals surface area contributed by atoms with Gasteiger partial charge in [-0.25, -0.2) is 4.79 Å². The molecule has 0 spiro atoms. The molecule has 1 aliphatic heterocycles. The van der Waals surface area contributed by atoms with Gasteiger partial charge in [0, 0.05) is 39.3 Å². The SMILES string of the molecule is CN(CC1Cc2ccccc2CN1C)C(=O)NCCCCCO.O=CO. The molecule has 1 aromatic carbocycles. The second-order valence-corrected chi connectivity index (χ2v) is 6.54. The minimum atomic E-state index is -0.250. The topological polar surface area (TPSA) is 93.1 Å². The van der Waals surface area contributed by atoms with E-state index >= 15 is 0 Å². The number of amides is 2. The molecule has 0 bridgehead atoms. The highest BCUT2D eigenvalue weighted by Gasteiger charge is 2.25. The van der Waals surface area contributed by atoms with Crippen molar-refractivity contribution in [1.82, 2.24) is 15.1 Å². The molecule has 2 amide bonds. The first-order valence-corrected chi connectivity index (χ1v) is 8.98. The van der Waals surface area contributed by atoms with Crippen LogP contribution in [0.1, 0.15) is 30.4 Å². The molecule has 7 nitrogen and oxygen atoms in total. The zero-order valence-electron chi connectivity index (χ0n) is 15.7. The molecule has 1 aromatic rings. The number of hydrogen-bond donors (Lipinski definition) is 3. The minimum absolute atomic E-state index is 0.0127. The van der Waals surface area contributed by atoms with E-state index in [1.165, 1.54) is 11.1 Å². The molecule has 0 fully saturated rings. The molecule has 26 heavy (non-hydrogen) atoms. The summed E-state index contributed by atoms with van der Waals surface area (Å²) in [6.07, 6.45) is 3.65. The number of carbonyl (C=O) groups is 2. The lowest BCUT2D eigenvalue weighted by molar-refractivity contribution is -0.122. The fourth-order valence-electron chi connectivity index (χ4n) is 3.07. The monoisotopic (exact) mass is 365 g/mol. The fraction of sp³-hybridized carbons (Fsp3) is 0.579. The van der Waals surface area contributed by atoms with Gasteiger partial charge in [0.25, 0.3) is 6.47 Å². The lowest BCUT2D eigenvalue weighted by Gasteiger charge is -2.36. The summed E-state index contributed by atoms with van der Waals surface area (Å²) in [6, 6.07) is 8.89. The van der Waals surface area contributed by atoms with Crippen LogP contribution in [0.2, 0.25) is 0 Å². The number of hydrogen-bond acceptors (Lipinski definition) is 4. The molecule has 0 aliphatic carbocycles. The average molecular weight is 365 g/mol. The zero-order chi connectivity index (χ0) is 19.4. The number of benzene rings is 1. The van der Waals surface area contributed by atoms with Gasteiger partial charge in [-0.1, -0.05) is 24.3 Å². The average Bonchev–Trinajstić information content (AvgIpc) is 2.62. The van der Waals surface area contributed by atoms with Crippen molar-refractivity contribution < 1.29 is 19.8 Å². The Morgan fingerprint density at radius 1 is 1.31 bits per heavy atom. The number of unbranched alkanes of at least 4 members (excludes halogenated alkanes) is 2. The maximum Gasteiger partial charge on any atom is 0.317 e. The van der Waals surface area contributed by atoms with Crippen LogP contribution in [0.15, 0.2) is 24.3 Å². The van der Waals surface area contributed by atoms with E-state index in [9.17, 15) is 4.79 Å². The maximum atomic E-state index is 12.1. The molecule has 1 heterocycles. The van der Waals surface area contributed by atoms with Gasteiger partial charge >= 0.3 is 6.03 Å². The van der Waals surface area contributed by atoms with Gasteiger partial charge in [-0.05, 0) is 43.9 Å². The lowest BCUT2D eigenvalue weighted by Crippen LogP contribution is -2.48. The summed E-state index contributed by atoms with van der Waals surface area (Å²) < 4.78 is 0. The van der Waals surface area contributed by atoms with Crippen molar-refractivity contribution in [3.63, 3.8) is 0 Å². The van der Waals surface area contributed by atoms with Crippen LogP contribution in [0.5, 0.6) is 0 Å². The normalized spacial score (nSPS) is 16.0. The number of nitrogens with zero attached hydrogens (tertiary/aromatic N) is 2. The second-order valence-electron chi connectivity index (χ2n) is 6.54. The molecule has 0 saturated heterocycles. The van der Waals surface area contributed by atoms with Crippen molar-refractivity contribution in [2.24, 2.45) is 0 Å². The number of aliphatic hydroxyl groups is 1. The molecule has 3 N–H and O–H groups in total. The summed E-state index contributed by atoms with van der Waals surface area (Å²) in [7, 11) is 3.98. The van der Waals surface area contributed by atoms with E-state index in [4.69, 9.17) is 15.0 Å². The van der Waals surface area contributed by atoms with E-state index in [-0.39, 0.29) is 19.1 Å². The molecular formula is C19H31N3O4. The molecule has 0 saturated carbocycles. The highest BCUT2D eigenvalue weighted by molar-refractivity contribution is 5.73. The maximum absolute atomic E-state index is 12.1. The predicted molar refractivity (Wildman–Crippen MR) is 101 cm³/mol. The highest BCUT2D eigenvalue weighted by Crippen LogP contribution is 2.22. The van der Waals surface area contributed by atoms with Gasteiger partial charge in [0.2, 0.25) is 0 Å². The minimum Gasteiger partial charge on any atom is -0.483 e. The quantitative estimate of drug-likeness (QED) is 0.504. The third kappa shape index (κ3) is 7.41.